The zero-order valence-electron chi connectivity index (χ0n) is 16.0. The number of hydrogen-bond donors (Lipinski definition) is 1. The van der Waals surface area contributed by atoms with Crippen LogP contribution in [0.1, 0.15) is 39.2 Å². The van der Waals surface area contributed by atoms with Crippen molar-refractivity contribution in [2.45, 2.75) is 51.6 Å². The minimum Gasteiger partial charge on any atom is -0.434 e. The number of hydrogen-bond acceptors (Lipinski definition) is 6. The number of aromatic nitrogens is 1. The highest BCUT2D eigenvalue weighted by atomic mass is 19.4. The molecule has 1 saturated heterocycles. The Morgan fingerprint density at radius 1 is 1.29 bits per heavy atom. The number of esters is 1. The van der Waals surface area contributed by atoms with Crippen LogP contribution in [0, 0.1) is 0 Å². The van der Waals surface area contributed by atoms with Crippen LogP contribution in [0.3, 0.4) is 0 Å². The van der Waals surface area contributed by atoms with Crippen LogP contribution in [0.2, 0.25) is 0 Å². The van der Waals surface area contributed by atoms with Crippen molar-refractivity contribution >= 4 is 17.7 Å². The summed E-state index contributed by atoms with van der Waals surface area (Å²) in [6.45, 7) is 5.38. The third-order valence-electron chi connectivity index (χ3n) is 4.25. The number of piperazine rings is 1. The van der Waals surface area contributed by atoms with Crippen molar-refractivity contribution in [1.82, 2.24) is 9.88 Å². The number of nitrogens with zero attached hydrogens (tertiary/aromatic N) is 3. The average molecular weight is 403 g/mol. The molecule has 1 aliphatic heterocycles. The molecule has 0 bridgehead atoms. The lowest BCUT2D eigenvalue weighted by Crippen LogP contribution is -2.54. The molecule has 1 aromatic heterocycles. The number of ether oxygens (including phenoxy) is 1. The topological polar surface area (TPSA) is 83.0 Å². The smallest absolute Gasteiger partial charge is 0.416 e. The van der Waals surface area contributed by atoms with Gasteiger partial charge in [0.15, 0.2) is 0 Å². The van der Waals surface area contributed by atoms with Crippen molar-refractivity contribution in [2.24, 2.45) is 0 Å². The Morgan fingerprint density at radius 2 is 1.96 bits per heavy atom. The predicted molar refractivity (Wildman–Crippen MR) is 94.3 cm³/mol. The second-order valence-electron chi connectivity index (χ2n) is 7.20. The molecule has 2 heterocycles. The van der Waals surface area contributed by atoms with Gasteiger partial charge in [0.2, 0.25) is 11.7 Å². The molecule has 0 unspecified atom stereocenters. The van der Waals surface area contributed by atoms with Crippen LogP contribution in [0.5, 0.6) is 0 Å². The predicted octanol–water partition coefficient (Wildman–Crippen LogP) is 2.19. The number of anilines is 1. The molecule has 1 atom stereocenters. The molecule has 1 aromatic rings. The normalized spacial score (nSPS) is 18.2. The van der Waals surface area contributed by atoms with Gasteiger partial charge in [-0.05, 0) is 19.1 Å². The van der Waals surface area contributed by atoms with E-state index in [9.17, 15) is 27.9 Å². The lowest BCUT2D eigenvalue weighted by molar-refractivity contribution is -0.195. The number of pyridine rings is 1. The third-order valence-corrected chi connectivity index (χ3v) is 4.25. The molecule has 1 aliphatic rings. The van der Waals surface area contributed by atoms with Crippen molar-refractivity contribution < 1.29 is 32.6 Å². The van der Waals surface area contributed by atoms with Crippen molar-refractivity contribution in [3.8, 4) is 0 Å². The van der Waals surface area contributed by atoms with Crippen LogP contribution in [0.15, 0.2) is 18.3 Å². The monoisotopic (exact) mass is 403 g/mol. The molecule has 0 saturated carbocycles. The van der Waals surface area contributed by atoms with Crippen LogP contribution in [-0.2, 0) is 20.5 Å². The molecule has 156 valence electrons. The fraction of sp³-hybridized carbons (Fsp3) is 0.611. The van der Waals surface area contributed by atoms with E-state index in [-0.39, 0.29) is 30.6 Å². The highest BCUT2D eigenvalue weighted by molar-refractivity contribution is 5.82. The number of amides is 1. The molecule has 28 heavy (non-hydrogen) atoms. The first-order valence-corrected chi connectivity index (χ1v) is 8.89. The molecule has 10 heteroatoms. The maximum Gasteiger partial charge on any atom is 0.416 e. The first-order chi connectivity index (χ1) is 12.9. The van der Waals surface area contributed by atoms with Gasteiger partial charge in [-0.25, -0.2) is 4.98 Å². The van der Waals surface area contributed by atoms with Gasteiger partial charge in [0, 0.05) is 52.1 Å². The summed E-state index contributed by atoms with van der Waals surface area (Å²) < 4.78 is 43.4. The van der Waals surface area contributed by atoms with E-state index >= 15 is 0 Å². The van der Waals surface area contributed by atoms with E-state index in [0.29, 0.717) is 19.6 Å². The number of rotatable bonds is 5. The quantitative estimate of drug-likeness (QED) is 0.600. The van der Waals surface area contributed by atoms with Crippen molar-refractivity contribution in [1.29, 1.82) is 0 Å². The highest BCUT2D eigenvalue weighted by Crippen LogP contribution is 2.31. The molecule has 0 aromatic carbocycles. The molecule has 7 nitrogen and oxygen atoms in total. The van der Waals surface area contributed by atoms with Crippen LogP contribution in [-0.4, -0.2) is 58.3 Å². The summed E-state index contributed by atoms with van der Waals surface area (Å²) in [6.07, 6.45) is -3.56. The van der Waals surface area contributed by atoms with Gasteiger partial charge in [-0.15, -0.1) is 0 Å². The average Bonchev–Trinajstić information content (AvgIpc) is 2.57. The van der Waals surface area contributed by atoms with Gasteiger partial charge in [0.25, 0.3) is 0 Å². The highest BCUT2D eigenvalue weighted by Gasteiger charge is 2.33. The molecule has 1 amide bonds. The van der Waals surface area contributed by atoms with Gasteiger partial charge in [-0.1, -0.05) is 0 Å². The molecule has 2 rings (SSSR count). The van der Waals surface area contributed by atoms with E-state index < -0.39 is 23.5 Å². The molecule has 0 aliphatic carbocycles. The van der Waals surface area contributed by atoms with Crippen molar-refractivity contribution in [2.75, 3.05) is 24.5 Å². The molecule has 1 N–H and O–H groups in total. The van der Waals surface area contributed by atoms with E-state index in [1.165, 1.54) is 13.8 Å². The summed E-state index contributed by atoms with van der Waals surface area (Å²) in [4.78, 5) is 31.3. The Hall–Kier alpha value is -2.36. The SMILES string of the molecule is C[C@@H]1CN(c2cc(C(F)(F)F)ccn2)CCN1C(=O)CCC(=O)OC(C)(C)O. The number of carbonyl (C=O) groups is 2. The van der Waals surface area contributed by atoms with Gasteiger partial charge >= 0.3 is 12.1 Å². The summed E-state index contributed by atoms with van der Waals surface area (Å²) >= 11 is 0. The minimum atomic E-state index is -4.45. The second-order valence-corrected chi connectivity index (χ2v) is 7.20. The van der Waals surface area contributed by atoms with Crippen LogP contribution in [0.4, 0.5) is 19.0 Å². The maximum absolute atomic E-state index is 12.9. The van der Waals surface area contributed by atoms with Crippen molar-refractivity contribution in [3.05, 3.63) is 23.9 Å². The summed E-state index contributed by atoms with van der Waals surface area (Å²) in [5, 5.41) is 9.43. The fourth-order valence-corrected chi connectivity index (χ4v) is 2.99. The maximum atomic E-state index is 12.9. The number of carbonyl (C=O) groups excluding carboxylic acids is 2. The Kier molecular flexibility index (Phi) is 6.53. The molecule has 1 fully saturated rings. The zero-order valence-corrected chi connectivity index (χ0v) is 16.0. The second kappa shape index (κ2) is 8.34. The van der Waals surface area contributed by atoms with Crippen LogP contribution < -0.4 is 4.90 Å². The van der Waals surface area contributed by atoms with E-state index in [2.05, 4.69) is 4.98 Å². The van der Waals surface area contributed by atoms with E-state index in [0.717, 1.165) is 18.3 Å². The minimum absolute atomic E-state index is 0.0684. The van der Waals surface area contributed by atoms with Gasteiger partial charge in [-0.2, -0.15) is 13.2 Å². The van der Waals surface area contributed by atoms with Gasteiger partial charge in [-0.3, -0.25) is 9.59 Å². The van der Waals surface area contributed by atoms with E-state index in [1.807, 2.05) is 0 Å². The van der Waals surface area contributed by atoms with Gasteiger partial charge in [0.05, 0.1) is 12.0 Å². The number of alkyl halides is 3. The van der Waals surface area contributed by atoms with Crippen LogP contribution >= 0.6 is 0 Å². The van der Waals surface area contributed by atoms with E-state index in [1.54, 1.807) is 16.7 Å². The van der Waals surface area contributed by atoms with Gasteiger partial charge in [0.1, 0.15) is 5.82 Å². The lowest BCUT2D eigenvalue weighted by atomic mass is 10.1. The van der Waals surface area contributed by atoms with Crippen LogP contribution in [0.25, 0.3) is 0 Å². The molecular formula is C18H24F3N3O4. The summed E-state index contributed by atoms with van der Waals surface area (Å²) in [5.41, 5.74) is -0.769. The third kappa shape index (κ3) is 6.08. The Morgan fingerprint density at radius 3 is 2.54 bits per heavy atom. The summed E-state index contributed by atoms with van der Waals surface area (Å²) in [5.74, 6) is -2.32. The Bertz CT molecular complexity index is 719. The lowest BCUT2D eigenvalue weighted by Gasteiger charge is -2.40. The largest absolute Gasteiger partial charge is 0.434 e. The number of halogens is 3. The summed E-state index contributed by atoms with van der Waals surface area (Å²) in [6, 6.07) is 1.65. The summed E-state index contributed by atoms with van der Waals surface area (Å²) in [7, 11) is 0. The zero-order chi connectivity index (χ0) is 21.1. The number of aliphatic hydroxyl groups is 1. The first-order valence-electron chi connectivity index (χ1n) is 8.89. The Balaban J connectivity index is 1.93. The molecule has 0 spiro atoms. The van der Waals surface area contributed by atoms with Crippen molar-refractivity contribution in [3.63, 3.8) is 0 Å². The fourth-order valence-electron chi connectivity index (χ4n) is 2.99. The van der Waals surface area contributed by atoms with E-state index in [4.69, 9.17) is 4.74 Å². The first kappa shape index (κ1) is 21.9. The molecule has 0 radical (unpaired) electrons. The molecular weight excluding hydrogens is 379 g/mol. The standard InChI is InChI=1S/C18H24F3N3O4/c1-12-11-23(14-10-13(6-7-22-14)18(19,20)21)8-9-24(12)15(25)4-5-16(26)28-17(2,3)27/h6-7,10,12,27H,4-5,8-9,11H2,1-3H3/t12-/m1/s1. The Labute approximate surface area is 161 Å². The van der Waals surface area contributed by atoms with Gasteiger partial charge < -0.3 is 19.6 Å².